The quantitative estimate of drug-likeness (QED) is 0.212. The summed E-state index contributed by atoms with van der Waals surface area (Å²) in [4.78, 5) is 5.42. The van der Waals surface area contributed by atoms with Gasteiger partial charge in [-0.25, -0.2) is 4.98 Å². The molecule has 7 aromatic rings. The lowest BCUT2D eigenvalue weighted by Crippen LogP contribution is -1.93. The van der Waals surface area contributed by atoms with E-state index in [0.29, 0.717) is 0 Å². The maximum atomic E-state index is 5.42. The Bertz CT molecular complexity index is 1880. The highest BCUT2D eigenvalue weighted by atomic mass is 79.9. The van der Waals surface area contributed by atoms with Crippen molar-refractivity contribution in [1.82, 2.24) is 4.98 Å². The molecule has 0 unspecified atom stereocenters. The van der Waals surface area contributed by atoms with Gasteiger partial charge in [0.2, 0.25) is 0 Å². The zero-order valence-corrected chi connectivity index (χ0v) is 19.3. The van der Waals surface area contributed by atoms with Crippen LogP contribution in [0.5, 0.6) is 0 Å². The molecule has 2 heteroatoms. The molecular weight excluding hydrogens is 466 g/mol. The van der Waals surface area contributed by atoms with Gasteiger partial charge in [0.05, 0.1) is 11.2 Å². The second-order valence-corrected chi connectivity index (χ2v) is 9.32. The lowest BCUT2D eigenvalue weighted by Gasteiger charge is -2.16. The van der Waals surface area contributed by atoms with Crippen LogP contribution in [0.2, 0.25) is 0 Å². The summed E-state index contributed by atoms with van der Waals surface area (Å²) in [6.45, 7) is 0. The number of halogens is 1. The van der Waals surface area contributed by atoms with Crippen LogP contribution < -0.4 is 0 Å². The lowest BCUT2D eigenvalue weighted by molar-refractivity contribution is 1.45. The average molecular weight is 484 g/mol. The second-order valence-electron chi connectivity index (χ2n) is 8.46. The van der Waals surface area contributed by atoms with Crippen molar-refractivity contribution in [1.29, 1.82) is 0 Å². The van der Waals surface area contributed by atoms with Crippen LogP contribution in [0.25, 0.3) is 65.3 Å². The zero-order chi connectivity index (χ0) is 21.9. The molecule has 0 saturated carbocycles. The number of nitrogens with zero attached hydrogens (tertiary/aromatic N) is 1. The van der Waals surface area contributed by atoms with Gasteiger partial charge in [0.25, 0.3) is 0 Å². The monoisotopic (exact) mass is 483 g/mol. The first-order chi connectivity index (χ1) is 16.3. The van der Waals surface area contributed by atoms with E-state index in [2.05, 4.69) is 125 Å². The van der Waals surface area contributed by atoms with E-state index in [-0.39, 0.29) is 0 Å². The Balaban J connectivity index is 1.76. The van der Waals surface area contributed by atoms with Gasteiger partial charge in [-0.15, -0.1) is 0 Å². The Morgan fingerprint density at radius 1 is 0.424 bits per heavy atom. The Labute approximate surface area is 199 Å². The van der Waals surface area contributed by atoms with Gasteiger partial charge in [-0.1, -0.05) is 119 Å². The number of rotatable bonds is 1. The van der Waals surface area contributed by atoms with E-state index in [0.717, 1.165) is 21.2 Å². The van der Waals surface area contributed by atoms with Gasteiger partial charge in [0.15, 0.2) is 0 Å². The van der Waals surface area contributed by atoms with Gasteiger partial charge in [0, 0.05) is 26.2 Å². The molecule has 7 rings (SSSR count). The summed E-state index contributed by atoms with van der Waals surface area (Å²) in [5, 5.41) is 11.0. The Morgan fingerprint density at radius 3 is 1.61 bits per heavy atom. The van der Waals surface area contributed by atoms with E-state index in [1.807, 2.05) is 0 Å². The van der Waals surface area contributed by atoms with Crippen molar-refractivity contribution < 1.29 is 0 Å². The number of aromatic nitrogens is 1. The summed E-state index contributed by atoms with van der Waals surface area (Å²) < 4.78 is 1.10. The summed E-state index contributed by atoms with van der Waals surface area (Å²) >= 11 is 3.73. The van der Waals surface area contributed by atoms with Gasteiger partial charge in [-0.05, 0) is 38.4 Å². The molecule has 1 nitrogen and oxygen atoms in total. The van der Waals surface area contributed by atoms with Crippen LogP contribution in [-0.2, 0) is 0 Å². The summed E-state index contributed by atoms with van der Waals surface area (Å²) in [6, 6.07) is 38.9. The van der Waals surface area contributed by atoms with Crippen molar-refractivity contribution in [3.63, 3.8) is 0 Å². The largest absolute Gasteiger partial charge is 0.246 e. The average Bonchev–Trinajstić information content (AvgIpc) is 2.89. The molecule has 154 valence electrons. The van der Waals surface area contributed by atoms with E-state index in [9.17, 15) is 0 Å². The van der Waals surface area contributed by atoms with E-state index in [4.69, 9.17) is 4.98 Å². The number of fused-ring (bicyclic) bond motifs is 9. The van der Waals surface area contributed by atoms with E-state index < -0.39 is 0 Å². The van der Waals surface area contributed by atoms with E-state index in [1.54, 1.807) is 0 Å². The molecule has 0 aliphatic rings. The van der Waals surface area contributed by atoms with Gasteiger partial charge >= 0.3 is 0 Å². The topological polar surface area (TPSA) is 12.9 Å². The first kappa shape index (κ1) is 18.8. The van der Waals surface area contributed by atoms with Crippen molar-refractivity contribution in [2.24, 2.45) is 0 Å². The third-order valence-corrected chi connectivity index (χ3v) is 7.40. The normalized spacial score (nSPS) is 11.8. The highest BCUT2D eigenvalue weighted by Gasteiger charge is 2.17. The SMILES string of the molecule is Brc1ccc(-c2nc3c4ccccc4c4ccccc4c3c3ccccc23)c2ccccc12. The van der Waals surface area contributed by atoms with Crippen LogP contribution in [0.4, 0.5) is 0 Å². The Kier molecular flexibility index (Phi) is 4.06. The zero-order valence-electron chi connectivity index (χ0n) is 17.7. The molecule has 1 heterocycles. The van der Waals surface area contributed by atoms with Gasteiger partial charge in [-0.3, -0.25) is 0 Å². The fraction of sp³-hybridized carbons (Fsp3) is 0. The van der Waals surface area contributed by atoms with Crippen LogP contribution in [0.15, 0.2) is 114 Å². The van der Waals surface area contributed by atoms with Gasteiger partial charge < -0.3 is 0 Å². The molecule has 0 aliphatic heterocycles. The summed E-state index contributed by atoms with van der Waals surface area (Å²) in [6.07, 6.45) is 0. The van der Waals surface area contributed by atoms with Crippen molar-refractivity contribution in [2.75, 3.05) is 0 Å². The summed E-state index contributed by atoms with van der Waals surface area (Å²) in [7, 11) is 0. The molecule has 33 heavy (non-hydrogen) atoms. The predicted octanol–water partition coefficient (Wildman–Crippen LogP) is 9.28. The number of pyridine rings is 1. The predicted molar refractivity (Wildman–Crippen MR) is 145 cm³/mol. The van der Waals surface area contributed by atoms with Crippen LogP contribution in [-0.4, -0.2) is 4.98 Å². The third-order valence-electron chi connectivity index (χ3n) is 6.71. The molecule has 0 saturated heterocycles. The smallest absolute Gasteiger partial charge is 0.0800 e. The molecule has 1 aromatic heterocycles. The molecule has 0 aliphatic carbocycles. The summed E-state index contributed by atoms with van der Waals surface area (Å²) in [5.41, 5.74) is 3.25. The lowest BCUT2D eigenvalue weighted by atomic mass is 9.91. The molecular formula is C31H18BrN. The second kappa shape index (κ2) is 7.13. The molecule has 0 atom stereocenters. The number of hydrogen-bond donors (Lipinski definition) is 0. The van der Waals surface area contributed by atoms with Crippen LogP contribution >= 0.6 is 15.9 Å². The number of benzene rings is 6. The fourth-order valence-electron chi connectivity index (χ4n) is 5.27. The minimum atomic E-state index is 1.03. The van der Waals surface area contributed by atoms with Gasteiger partial charge in [0.1, 0.15) is 0 Å². The Morgan fingerprint density at radius 2 is 0.909 bits per heavy atom. The third kappa shape index (κ3) is 2.68. The van der Waals surface area contributed by atoms with Crippen molar-refractivity contribution >= 4 is 69.9 Å². The molecule has 0 N–H and O–H groups in total. The van der Waals surface area contributed by atoms with Gasteiger partial charge in [-0.2, -0.15) is 0 Å². The fourth-order valence-corrected chi connectivity index (χ4v) is 5.74. The highest BCUT2D eigenvalue weighted by molar-refractivity contribution is 9.10. The molecule has 0 fully saturated rings. The first-order valence-electron chi connectivity index (χ1n) is 11.1. The molecule has 0 spiro atoms. The first-order valence-corrected chi connectivity index (χ1v) is 11.9. The molecule has 6 aromatic carbocycles. The van der Waals surface area contributed by atoms with Crippen molar-refractivity contribution in [2.45, 2.75) is 0 Å². The van der Waals surface area contributed by atoms with E-state index in [1.165, 1.54) is 48.5 Å². The molecule has 0 bridgehead atoms. The van der Waals surface area contributed by atoms with Crippen LogP contribution in [0, 0.1) is 0 Å². The Hall–Kier alpha value is -3.75. The standard InChI is InChI=1S/C31H18BrN/c32-28-18-17-27(21-11-1-4-12-22(21)28)30-26-16-8-6-14-24(26)29-23-13-5-2-9-19(23)20-10-3-7-15-25(20)31(29)33-30/h1-18H. The molecule has 0 amide bonds. The van der Waals surface area contributed by atoms with Crippen LogP contribution in [0.3, 0.4) is 0 Å². The minimum Gasteiger partial charge on any atom is -0.246 e. The van der Waals surface area contributed by atoms with Crippen molar-refractivity contribution in [3.8, 4) is 11.3 Å². The minimum absolute atomic E-state index is 1.03. The number of hydrogen-bond acceptors (Lipinski definition) is 1. The maximum Gasteiger partial charge on any atom is 0.0800 e. The molecule has 0 radical (unpaired) electrons. The highest BCUT2D eigenvalue weighted by Crippen LogP contribution is 2.42. The van der Waals surface area contributed by atoms with Crippen LogP contribution in [0.1, 0.15) is 0 Å². The maximum absolute atomic E-state index is 5.42. The van der Waals surface area contributed by atoms with E-state index >= 15 is 0 Å². The summed E-state index contributed by atoms with van der Waals surface area (Å²) in [5.74, 6) is 0. The van der Waals surface area contributed by atoms with Crippen molar-refractivity contribution in [3.05, 3.63) is 114 Å².